The van der Waals surface area contributed by atoms with Crippen molar-refractivity contribution in [2.75, 3.05) is 13.1 Å². The number of β-amino-alcohol motifs (C(OH)–C–C–N with tert-alkyl or cyclic N) is 1. The van der Waals surface area contributed by atoms with E-state index in [-0.39, 0.29) is 12.0 Å². The van der Waals surface area contributed by atoms with Crippen LogP contribution in [0, 0.1) is 13.8 Å². The zero-order chi connectivity index (χ0) is 13.3. The quantitative estimate of drug-likeness (QED) is 0.783. The number of hydrogen-bond donors (Lipinski definition) is 1. The SMILES string of the molecule is Cc1nn(C)c(C)c1C=CC(=O)N1CC[C@@H](O)C1. The highest BCUT2D eigenvalue weighted by Crippen LogP contribution is 2.15. The van der Waals surface area contributed by atoms with Crippen molar-refractivity contribution >= 4 is 12.0 Å². The standard InChI is InChI=1S/C13H19N3O2/c1-9-12(10(2)15(3)14-9)4-5-13(18)16-7-6-11(17)8-16/h4-5,11,17H,6-8H2,1-3H3/t11-/m1/s1. The fourth-order valence-corrected chi connectivity index (χ4v) is 2.23. The Balaban J connectivity index is 2.09. The van der Waals surface area contributed by atoms with E-state index in [1.54, 1.807) is 15.7 Å². The van der Waals surface area contributed by atoms with Gasteiger partial charge in [-0.3, -0.25) is 9.48 Å². The Bertz CT molecular complexity index is 491. The Hall–Kier alpha value is -1.62. The van der Waals surface area contributed by atoms with Crippen LogP contribution in [0.5, 0.6) is 0 Å². The molecule has 0 spiro atoms. The van der Waals surface area contributed by atoms with Crippen molar-refractivity contribution in [2.24, 2.45) is 7.05 Å². The molecule has 5 heteroatoms. The van der Waals surface area contributed by atoms with Crippen molar-refractivity contribution in [3.63, 3.8) is 0 Å². The average molecular weight is 249 g/mol. The normalized spacial score (nSPS) is 20.0. The molecule has 1 aliphatic heterocycles. The van der Waals surface area contributed by atoms with Crippen LogP contribution in [0.4, 0.5) is 0 Å². The average Bonchev–Trinajstić information content (AvgIpc) is 2.83. The second-order valence-electron chi connectivity index (χ2n) is 4.77. The van der Waals surface area contributed by atoms with Gasteiger partial charge in [-0.15, -0.1) is 0 Å². The molecule has 1 N–H and O–H groups in total. The van der Waals surface area contributed by atoms with E-state index in [1.807, 2.05) is 27.0 Å². The molecular formula is C13H19N3O2. The minimum absolute atomic E-state index is 0.0470. The smallest absolute Gasteiger partial charge is 0.246 e. The molecule has 18 heavy (non-hydrogen) atoms. The first-order valence-corrected chi connectivity index (χ1v) is 6.14. The van der Waals surface area contributed by atoms with Crippen LogP contribution in [0.15, 0.2) is 6.08 Å². The third-order valence-corrected chi connectivity index (χ3v) is 3.43. The van der Waals surface area contributed by atoms with Crippen LogP contribution in [-0.2, 0) is 11.8 Å². The van der Waals surface area contributed by atoms with Gasteiger partial charge in [0.15, 0.2) is 0 Å². The van der Waals surface area contributed by atoms with Gasteiger partial charge in [0.05, 0.1) is 11.8 Å². The summed E-state index contributed by atoms with van der Waals surface area (Å²) in [5, 5.41) is 13.7. The molecule has 2 rings (SSSR count). The summed E-state index contributed by atoms with van der Waals surface area (Å²) in [7, 11) is 1.89. The van der Waals surface area contributed by atoms with Crippen molar-refractivity contribution in [1.29, 1.82) is 0 Å². The highest BCUT2D eigenvalue weighted by atomic mass is 16.3. The molecule has 98 valence electrons. The van der Waals surface area contributed by atoms with Gasteiger partial charge in [-0.1, -0.05) is 0 Å². The summed E-state index contributed by atoms with van der Waals surface area (Å²) in [6, 6.07) is 0. The third kappa shape index (κ3) is 2.46. The topological polar surface area (TPSA) is 58.4 Å². The first kappa shape index (κ1) is 12.8. The first-order chi connectivity index (χ1) is 8.49. The second kappa shape index (κ2) is 4.94. The van der Waals surface area contributed by atoms with Crippen LogP contribution in [0.1, 0.15) is 23.4 Å². The maximum Gasteiger partial charge on any atom is 0.246 e. The Morgan fingerprint density at radius 3 is 2.72 bits per heavy atom. The predicted octanol–water partition coefficient (Wildman–Crippen LogP) is 0.643. The molecule has 1 saturated heterocycles. The number of aromatic nitrogens is 2. The maximum atomic E-state index is 11.9. The van der Waals surface area contributed by atoms with Crippen molar-refractivity contribution in [1.82, 2.24) is 14.7 Å². The van der Waals surface area contributed by atoms with Crippen LogP contribution in [0.3, 0.4) is 0 Å². The highest BCUT2D eigenvalue weighted by Gasteiger charge is 2.22. The molecule has 1 aliphatic rings. The van der Waals surface area contributed by atoms with Crippen LogP contribution in [-0.4, -0.2) is 44.9 Å². The van der Waals surface area contributed by atoms with Gasteiger partial charge in [-0.25, -0.2) is 0 Å². The Labute approximate surface area is 107 Å². The van der Waals surface area contributed by atoms with Gasteiger partial charge >= 0.3 is 0 Å². The lowest BCUT2D eigenvalue weighted by atomic mass is 10.2. The lowest BCUT2D eigenvalue weighted by molar-refractivity contribution is -0.125. The van der Waals surface area contributed by atoms with E-state index in [4.69, 9.17) is 0 Å². The fraction of sp³-hybridized carbons (Fsp3) is 0.538. The number of rotatable bonds is 2. The zero-order valence-electron chi connectivity index (χ0n) is 11.1. The number of hydrogen-bond acceptors (Lipinski definition) is 3. The van der Waals surface area contributed by atoms with Crippen LogP contribution >= 0.6 is 0 Å². The Morgan fingerprint density at radius 2 is 2.22 bits per heavy atom. The minimum atomic E-state index is -0.371. The molecule has 1 atom stereocenters. The molecule has 0 saturated carbocycles. The number of likely N-dealkylation sites (tertiary alicyclic amines) is 1. The lowest BCUT2D eigenvalue weighted by Gasteiger charge is -2.12. The summed E-state index contributed by atoms with van der Waals surface area (Å²) in [6.07, 6.45) is 3.67. The maximum absolute atomic E-state index is 11.9. The molecule has 1 fully saturated rings. The van der Waals surface area contributed by atoms with Gasteiger partial charge in [-0.05, 0) is 26.3 Å². The van der Waals surface area contributed by atoms with E-state index in [2.05, 4.69) is 5.10 Å². The number of amides is 1. The lowest BCUT2D eigenvalue weighted by Crippen LogP contribution is -2.27. The number of aryl methyl sites for hydroxylation is 2. The number of nitrogens with zero attached hydrogens (tertiary/aromatic N) is 3. The number of aliphatic hydroxyl groups excluding tert-OH is 1. The number of aliphatic hydroxyl groups is 1. The summed E-state index contributed by atoms with van der Waals surface area (Å²) in [4.78, 5) is 13.6. The van der Waals surface area contributed by atoms with E-state index in [1.165, 1.54) is 0 Å². The summed E-state index contributed by atoms with van der Waals surface area (Å²) in [6.45, 7) is 4.98. The van der Waals surface area contributed by atoms with Gasteiger partial charge in [0.1, 0.15) is 0 Å². The van der Waals surface area contributed by atoms with Crippen LogP contribution < -0.4 is 0 Å². The van der Waals surface area contributed by atoms with E-state index in [9.17, 15) is 9.90 Å². The van der Waals surface area contributed by atoms with Crippen molar-refractivity contribution in [2.45, 2.75) is 26.4 Å². The van der Waals surface area contributed by atoms with Gasteiger partial charge in [0.2, 0.25) is 5.91 Å². The summed E-state index contributed by atoms with van der Waals surface area (Å²) in [5.74, 6) is -0.0470. The molecule has 1 aromatic heterocycles. The van der Waals surface area contributed by atoms with Gasteiger partial charge in [0, 0.05) is 37.5 Å². The summed E-state index contributed by atoms with van der Waals surface area (Å²) < 4.78 is 1.80. The molecule has 0 radical (unpaired) electrons. The first-order valence-electron chi connectivity index (χ1n) is 6.14. The largest absolute Gasteiger partial charge is 0.391 e. The molecule has 0 aliphatic carbocycles. The summed E-state index contributed by atoms with van der Waals surface area (Å²) in [5.41, 5.74) is 2.95. The van der Waals surface area contributed by atoms with E-state index in [0.717, 1.165) is 17.0 Å². The predicted molar refractivity (Wildman–Crippen MR) is 68.9 cm³/mol. The van der Waals surface area contributed by atoms with E-state index in [0.29, 0.717) is 19.5 Å². The molecule has 5 nitrogen and oxygen atoms in total. The molecular weight excluding hydrogens is 230 g/mol. The molecule has 0 aromatic carbocycles. The summed E-state index contributed by atoms with van der Waals surface area (Å²) >= 11 is 0. The molecule has 1 amide bonds. The van der Waals surface area contributed by atoms with Gasteiger partial charge < -0.3 is 10.0 Å². The van der Waals surface area contributed by atoms with E-state index >= 15 is 0 Å². The van der Waals surface area contributed by atoms with Crippen molar-refractivity contribution < 1.29 is 9.90 Å². The number of carbonyl (C=O) groups excluding carboxylic acids is 1. The Kier molecular flexibility index (Phi) is 3.52. The second-order valence-corrected chi connectivity index (χ2v) is 4.77. The molecule has 2 heterocycles. The van der Waals surface area contributed by atoms with Crippen LogP contribution in [0.2, 0.25) is 0 Å². The van der Waals surface area contributed by atoms with Gasteiger partial charge in [-0.2, -0.15) is 5.10 Å². The molecule has 0 unspecified atom stereocenters. The monoisotopic (exact) mass is 249 g/mol. The Morgan fingerprint density at radius 1 is 1.50 bits per heavy atom. The van der Waals surface area contributed by atoms with Crippen molar-refractivity contribution in [3.8, 4) is 0 Å². The minimum Gasteiger partial charge on any atom is -0.391 e. The van der Waals surface area contributed by atoms with E-state index < -0.39 is 0 Å². The highest BCUT2D eigenvalue weighted by molar-refractivity contribution is 5.92. The van der Waals surface area contributed by atoms with Crippen molar-refractivity contribution in [3.05, 3.63) is 23.0 Å². The van der Waals surface area contributed by atoms with Crippen LogP contribution in [0.25, 0.3) is 6.08 Å². The molecule has 1 aromatic rings. The van der Waals surface area contributed by atoms with Gasteiger partial charge in [0.25, 0.3) is 0 Å². The molecule has 0 bridgehead atoms. The number of carbonyl (C=O) groups is 1. The zero-order valence-corrected chi connectivity index (χ0v) is 11.1. The third-order valence-electron chi connectivity index (χ3n) is 3.43. The fourth-order valence-electron chi connectivity index (χ4n) is 2.23.